The molecule has 0 spiro atoms. The van der Waals surface area contributed by atoms with Gasteiger partial charge < -0.3 is 0 Å². The Balaban J connectivity index is 1.88. The molecule has 2 aliphatic rings. The van der Waals surface area contributed by atoms with Gasteiger partial charge in [-0.2, -0.15) is 0 Å². The molecule has 0 bridgehead atoms. The molecule has 0 atom stereocenters. The molecular weight excluding hydrogens is 292 g/mol. The minimum Gasteiger partial charge on any atom is -0.295 e. The van der Waals surface area contributed by atoms with E-state index in [4.69, 9.17) is 0 Å². The number of carbonyl (C=O) groups is 1. The van der Waals surface area contributed by atoms with E-state index in [0.717, 1.165) is 19.3 Å². The van der Waals surface area contributed by atoms with E-state index < -0.39 is 0 Å². The Morgan fingerprint density at radius 2 is 1.33 bits per heavy atom. The van der Waals surface area contributed by atoms with E-state index in [9.17, 15) is 4.79 Å². The van der Waals surface area contributed by atoms with Crippen molar-refractivity contribution in [2.24, 2.45) is 0 Å². The summed E-state index contributed by atoms with van der Waals surface area (Å²) in [5, 5.41) is 0. The average molecular weight is 314 g/mol. The first-order valence-corrected chi connectivity index (χ1v) is 8.82. The van der Waals surface area contributed by atoms with Gasteiger partial charge in [-0.3, -0.25) is 4.79 Å². The van der Waals surface area contributed by atoms with E-state index in [-0.39, 0.29) is 11.2 Å². The van der Waals surface area contributed by atoms with Crippen LogP contribution in [0.3, 0.4) is 0 Å². The minimum atomic E-state index is -0.267. The molecular formula is C23H22O. The Kier molecular flexibility index (Phi) is 3.93. The lowest BCUT2D eigenvalue weighted by Crippen LogP contribution is -2.31. The molecule has 1 fully saturated rings. The number of hydrogen-bond acceptors (Lipinski definition) is 1. The van der Waals surface area contributed by atoms with Crippen LogP contribution in [0.4, 0.5) is 0 Å². The lowest BCUT2D eigenvalue weighted by molar-refractivity contribution is -0.115. The van der Waals surface area contributed by atoms with Gasteiger partial charge in [-0.05, 0) is 54.0 Å². The van der Waals surface area contributed by atoms with Crippen LogP contribution in [0.1, 0.15) is 43.2 Å². The van der Waals surface area contributed by atoms with Gasteiger partial charge in [-0.25, -0.2) is 0 Å². The molecule has 0 radical (unpaired) electrons. The van der Waals surface area contributed by atoms with Crippen LogP contribution in [-0.2, 0) is 10.2 Å². The van der Waals surface area contributed by atoms with Crippen LogP contribution < -0.4 is 0 Å². The first-order chi connectivity index (χ1) is 11.8. The second kappa shape index (κ2) is 6.24. The summed E-state index contributed by atoms with van der Waals surface area (Å²) in [5.41, 5.74) is 4.86. The molecule has 1 saturated carbocycles. The first-order valence-electron chi connectivity index (χ1n) is 8.82. The number of ketones is 1. The van der Waals surface area contributed by atoms with Gasteiger partial charge >= 0.3 is 0 Å². The second-order valence-electron chi connectivity index (χ2n) is 6.91. The Morgan fingerprint density at radius 1 is 0.750 bits per heavy atom. The van der Waals surface area contributed by atoms with Gasteiger partial charge in [-0.15, -0.1) is 0 Å². The zero-order valence-corrected chi connectivity index (χ0v) is 13.9. The number of rotatable bonds is 2. The maximum absolute atomic E-state index is 12.8. The van der Waals surface area contributed by atoms with Crippen molar-refractivity contribution in [2.45, 2.75) is 37.5 Å². The van der Waals surface area contributed by atoms with Crippen LogP contribution in [0.2, 0.25) is 0 Å². The van der Waals surface area contributed by atoms with Gasteiger partial charge in [0.2, 0.25) is 0 Å². The molecule has 0 heterocycles. The Bertz CT molecular complexity index is 757. The van der Waals surface area contributed by atoms with Gasteiger partial charge in [0.15, 0.2) is 5.78 Å². The number of allylic oxidation sites excluding steroid dienone is 4. The average Bonchev–Trinajstić information content (AvgIpc) is 3.05. The highest BCUT2D eigenvalue weighted by molar-refractivity contribution is 5.93. The third kappa shape index (κ3) is 2.65. The summed E-state index contributed by atoms with van der Waals surface area (Å²) < 4.78 is 0. The molecule has 0 N–H and O–H groups in total. The summed E-state index contributed by atoms with van der Waals surface area (Å²) in [6.45, 7) is 0. The van der Waals surface area contributed by atoms with Crippen molar-refractivity contribution in [1.29, 1.82) is 0 Å². The molecule has 0 aliphatic heterocycles. The van der Waals surface area contributed by atoms with Crippen molar-refractivity contribution >= 4 is 5.78 Å². The van der Waals surface area contributed by atoms with Crippen LogP contribution in [0.25, 0.3) is 0 Å². The van der Waals surface area contributed by atoms with Crippen LogP contribution in [0, 0.1) is 0 Å². The largest absolute Gasteiger partial charge is 0.295 e. The molecule has 1 nitrogen and oxygen atoms in total. The highest BCUT2D eigenvalue weighted by Crippen LogP contribution is 2.43. The molecule has 0 unspecified atom stereocenters. The fraction of sp³-hybridized carbons (Fsp3) is 0.261. The molecule has 0 saturated heterocycles. The Labute approximate surface area is 143 Å². The van der Waals surface area contributed by atoms with E-state index >= 15 is 0 Å². The molecule has 120 valence electrons. The molecule has 4 rings (SSSR count). The van der Waals surface area contributed by atoms with Gasteiger partial charge in [0.25, 0.3) is 0 Å². The summed E-state index contributed by atoms with van der Waals surface area (Å²) >= 11 is 0. The van der Waals surface area contributed by atoms with E-state index in [0.29, 0.717) is 6.42 Å². The van der Waals surface area contributed by atoms with Crippen LogP contribution >= 0.6 is 0 Å². The summed E-state index contributed by atoms with van der Waals surface area (Å²) in [4.78, 5) is 12.8. The van der Waals surface area contributed by atoms with Gasteiger partial charge in [0.05, 0.1) is 0 Å². The number of carbonyl (C=O) groups excluding carboxylic acids is 1. The Hall–Kier alpha value is -2.41. The van der Waals surface area contributed by atoms with E-state index in [1.54, 1.807) is 0 Å². The smallest absolute Gasteiger partial charge is 0.157 e. The third-order valence-corrected chi connectivity index (χ3v) is 5.47. The maximum Gasteiger partial charge on any atom is 0.157 e. The van der Waals surface area contributed by atoms with E-state index in [2.05, 4.69) is 54.6 Å². The first kappa shape index (κ1) is 15.1. The number of hydrogen-bond donors (Lipinski definition) is 0. The fourth-order valence-corrected chi connectivity index (χ4v) is 4.22. The van der Waals surface area contributed by atoms with Crippen molar-refractivity contribution in [3.63, 3.8) is 0 Å². The summed E-state index contributed by atoms with van der Waals surface area (Å²) in [7, 11) is 0. The normalized spacial score (nSPS) is 24.1. The second-order valence-corrected chi connectivity index (χ2v) is 6.91. The van der Waals surface area contributed by atoms with Crippen molar-refractivity contribution in [1.82, 2.24) is 0 Å². The fourth-order valence-electron chi connectivity index (χ4n) is 4.22. The number of benzene rings is 2. The maximum atomic E-state index is 12.8. The zero-order valence-electron chi connectivity index (χ0n) is 13.9. The highest BCUT2D eigenvalue weighted by Gasteiger charge is 2.36. The molecule has 2 aliphatic carbocycles. The topological polar surface area (TPSA) is 17.1 Å². The number of fused-ring (bicyclic) bond motifs is 1. The molecule has 0 aromatic heterocycles. The standard InChI is InChI=1S/C23H22O/c24-22-16-19-9-7-8-18(19)14-15-23(17-22,20-10-3-1-4-11-20)21-12-5-2-6-13-21/h1-6,10-14,16H,7-9,15,17H2/b18-14-,19-16-. The van der Waals surface area contributed by atoms with E-state index in [1.165, 1.54) is 28.7 Å². The molecule has 2 aromatic rings. The van der Waals surface area contributed by atoms with Crippen LogP contribution in [0.5, 0.6) is 0 Å². The SMILES string of the molecule is O=C1/C=C2/CCC/C2=C/CC(c2ccccc2)(c2ccccc2)C1. The van der Waals surface area contributed by atoms with Crippen molar-refractivity contribution in [2.75, 3.05) is 0 Å². The predicted octanol–water partition coefficient (Wildman–Crippen LogP) is 5.37. The summed E-state index contributed by atoms with van der Waals surface area (Å²) in [6, 6.07) is 21.1. The quantitative estimate of drug-likeness (QED) is 0.728. The van der Waals surface area contributed by atoms with Crippen LogP contribution in [0.15, 0.2) is 84.0 Å². The Morgan fingerprint density at radius 3 is 1.96 bits per heavy atom. The summed E-state index contributed by atoms with van der Waals surface area (Å²) in [5.74, 6) is 0.255. The van der Waals surface area contributed by atoms with E-state index in [1.807, 2.05) is 18.2 Å². The monoisotopic (exact) mass is 314 g/mol. The van der Waals surface area contributed by atoms with Crippen LogP contribution in [-0.4, -0.2) is 5.78 Å². The zero-order chi connectivity index (χ0) is 16.4. The molecule has 24 heavy (non-hydrogen) atoms. The molecule has 2 aromatic carbocycles. The van der Waals surface area contributed by atoms with Crippen molar-refractivity contribution in [3.8, 4) is 0 Å². The highest BCUT2D eigenvalue weighted by atomic mass is 16.1. The third-order valence-electron chi connectivity index (χ3n) is 5.47. The van der Waals surface area contributed by atoms with Gasteiger partial charge in [0.1, 0.15) is 0 Å². The lowest BCUT2D eigenvalue weighted by Gasteiger charge is -2.35. The van der Waals surface area contributed by atoms with Crippen molar-refractivity contribution < 1.29 is 4.79 Å². The van der Waals surface area contributed by atoms with Gasteiger partial charge in [0, 0.05) is 11.8 Å². The summed E-state index contributed by atoms with van der Waals surface area (Å²) in [6.07, 6.45) is 9.08. The molecule has 0 amide bonds. The predicted molar refractivity (Wildman–Crippen MR) is 97.9 cm³/mol. The van der Waals surface area contributed by atoms with Gasteiger partial charge in [-0.1, -0.05) is 66.7 Å². The molecule has 1 heteroatoms. The van der Waals surface area contributed by atoms with Crippen molar-refractivity contribution in [3.05, 3.63) is 95.1 Å². The lowest BCUT2D eigenvalue weighted by atomic mass is 9.67. The minimum absolute atomic E-state index is 0.255.